The summed E-state index contributed by atoms with van der Waals surface area (Å²) in [5.41, 5.74) is 2.05. The first kappa shape index (κ1) is 13.1. The molecular weight excluding hydrogens is 244 g/mol. The molecule has 0 fully saturated rings. The Hall–Kier alpha value is -2.30. The number of benzene rings is 1. The molecule has 1 aromatic carbocycles. The molecule has 1 aromatic heterocycles. The lowest BCUT2D eigenvalue weighted by atomic mass is 10.1. The molecule has 0 radical (unpaired) electrons. The number of nitrogens with zero attached hydrogens (tertiary/aromatic N) is 2. The highest BCUT2D eigenvalue weighted by Crippen LogP contribution is 2.21. The first-order valence-corrected chi connectivity index (χ1v) is 6.08. The average molecular weight is 260 g/mol. The lowest BCUT2D eigenvalue weighted by Gasteiger charge is -2.09. The molecule has 5 heteroatoms. The number of carboxylic acids is 1. The van der Waals surface area contributed by atoms with Crippen molar-refractivity contribution in [3.8, 4) is 5.75 Å². The third kappa shape index (κ3) is 3.13. The molecule has 2 rings (SSSR count). The minimum atomic E-state index is -0.987. The fraction of sp³-hybridized carbons (Fsp3) is 0.286. The van der Waals surface area contributed by atoms with Gasteiger partial charge in [-0.15, -0.1) is 0 Å². The van der Waals surface area contributed by atoms with Crippen LogP contribution in [-0.2, 0) is 13.2 Å². The van der Waals surface area contributed by atoms with Crippen molar-refractivity contribution in [3.05, 3.63) is 47.3 Å². The van der Waals surface area contributed by atoms with Gasteiger partial charge in [0, 0.05) is 18.3 Å². The van der Waals surface area contributed by atoms with Crippen LogP contribution in [0.2, 0.25) is 0 Å². The van der Waals surface area contributed by atoms with Gasteiger partial charge in [-0.25, -0.2) is 4.79 Å². The van der Waals surface area contributed by atoms with Gasteiger partial charge >= 0.3 is 5.97 Å². The number of ether oxygens (including phenoxy) is 1. The largest absolute Gasteiger partial charge is 0.488 e. The highest BCUT2D eigenvalue weighted by molar-refractivity contribution is 5.90. The number of carboxylic acid groups (broad SMARTS) is 1. The Morgan fingerprint density at radius 1 is 1.47 bits per heavy atom. The summed E-state index contributed by atoms with van der Waals surface area (Å²) in [5.74, 6) is -0.601. The van der Waals surface area contributed by atoms with Gasteiger partial charge in [0.25, 0.3) is 0 Å². The van der Waals surface area contributed by atoms with E-state index in [-0.39, 0.29) is 5.56 Å². The summed E-state index contributed by atoms with van der Waals surface area (Å²) in [4.78, 5) is 11.1. The Balaban J connectivity index is 2.14. The van der Waals surface area contributed by atoms with Crippen LogP contribution < -0.4 is 4.74 Å². The third-order valence-electron chi connectivity index (χ3n) is 2.77. The fourth-order valence-corrected chi connectivity index (χ4v) is 1.74. The van der Waals surface area contributed by atoms with Crippen LogP contribution in [0.15, 0.2) is 30.6 Å². The summed E-state index contributed by atoms with van der Waals surface area (Å²) in [6.45, 7) is 5.00. The maximum absolute atomic E-state index is 11.1. The highest BCUT2D eigenvalue weighted by Gasteiger charge is 2.11. The van der Waals surface area contributed by atoms with Gasteiger partial charge in [0.05, 0.1) is 6.20 Å². The van der Waals surface area contributed by atoms with E-state index in [1.54, 1.807) is 29.1 Å². The Kier molecular flexibility index (Phi) is 3.85. The SMILES string of the molecule is CCn1cc(COc2cc(C)ccc2C(=O)O)cn1. The molecular formula is C14H16N2O3. The minimum absolute atomic E-state index is 0.175. The second-order valence-electron chi connectivity index (χ2n) is 4.30. The van der Waals surface area contributed by atoms with Gasteiger partial charge in [-0.05, 0) is 31.5 Å². The Morgan fingerprint density at radius 2 is 2.26 bits per heavy atom. The predicted octanol–water partition coefficient (Wildman–Crippen LogP) is 2.49. The summed E-state index contributed by atoms with van der Waals surface area (Å²) in [7, 11) is 0. The van der Waals surface area contributed by atoms with Gasteiger partial charge in [0.2, 0.25) is 0 Å². The predicted molar refractivity (Wildman–Crippen MR) is 70.4 cm³/mol. The second kappa shape index (κ2) is 5.56. The topological polar surface area (TPSA) is 64.3 Å². The van der Waals surface area contributed by atoms with E-state index < -0.39 is 5.97 Å². The average Bonchev–Trinajstić information content (AvgIpc) is 2.84. The molecule has 0 spiro atoms. The van der Waals surface area contributed by atoms with E-state index >= 15 is 0 Å². The molecule has 19 heavy (non-hydrogen) atoms. The Labute approximate surface area is 111 Å². The number of hydrogen-bond acceptors (Lipinski definition) is 3. The van der Waals surface area contributed by atoms with Crippen LogP contribution in [0, 0.1) is 6.92 Å². The van der Waals surface area contributed by atoms with Crippen molar-refractivity contribution in [2.75, 3.05) is 0 Å². The number of rotatable bonds is 5. The normalized spacial score (nSPS) is 10.4. The molecule has 0 saturated heterocycles. The van der Waals surface area contributed by atoms with E-state index in [0.29, 0.717) is 12.4 Å². The van der Waals surface area contributed by atoms with Gasteiger partial charge in [-0.2, -0.15) is 5.10 Å². The van der Waals surface area contributed by atoms with Gasteiger partial charge in [0.1, 0.15) is 17.9 Å². The zero-order valence-corrected chi connectivity index (χ0v) is 11.0. The smallest absolute Gasteiger partial charge is 0.339 e. The molecule has 1 heterocycles. The lowest BCUT2D eigenvalue weighted by molar-refractivity contribution is 0.0692. The number of carbonyl (C=O) groups is 1. The highest BCUT2D eigenvalue weighted by atomic mass is 16.5. The van der Waals surface area contributed by atoms with Crippen LogP contribution in [0.5, 0.6) is 5.75 Å². The first-order chi connectivity index (χ1) is 9.10. The first-order valence-electron chi connectivity index (χ1n) is 6.08. The standard InChI is InChI=1S/C14H16N2O3/c1-3-16-8-11(7-15-16)9-19-13-6-10(2)4-5-12(13)14(17)18/h4-8H,3,9H2,1-2H3,(H,17,18). The van der Waals surface area contributed by atoms with Crippen molar-refractivity contribution in [1.29, 1.82) is 0 Å². The van der Waals surface area contributed by atoms with E-state index in [2.05, 4.69) is 5.10 Å². The molecule has 0 unspecified atom stereocenters. The van der Waals surface area contributed by atoms with Gasteiger partial charge in [-0.1, -0.05) is 6.07 Å². The summed E-state index contributed by atoms with van der Waals surface area (Å²) in [6, 6.07) is 5.04. The molecule has 5 nitrogen and oxygen atoms in total. The van der Waals surface area contributed by atoms with Crippen molar-refractivity contribution in [2.45, 2.75) is 27.0 Å². The zero-order chi connectivity index (χ0) is 13.8. The van der Waals surface area contributed by atoms with Gasteiger partial charge < -0.3 is 9.84 Å². The van der Waals surface area contributed by atoms with Crippen molar-refractivity contribution < 1.29 is 14.6 Å². The molecule has 0 atom stereocenters. The van der Waals surface area contributed by atoms with Crippen LogP contribution in [0.1, 0.15) is 28.4 Å². The van der Waals surface area contributed by atoms with Crippen LogP contribution in [0.25, 0.3) is 0 Å². The van der Waals surface area contributed by atoms with Crippen LogP contribution in [-0.4, -0.2) is 20.9 Å². The van der Waals surface area contributed by atoms with E-state index in [4.69, 9.17) is 9.84 Å². The fourth-order valence-electron chi connectivity index (χ4n) is 1.74. The van der Waals surface area contributed by atoms with Crippen molar-refractivity contribution >= 4 is 5.97 Å². The Morgan fingerprint density at radius 3 is 2.89 bits per heavy atom. The van der Waals surface area contributed by atoms with E-state index in [9.17, 15) is 4.79 Å². The van der Waals surface area contributed by atoms with Crippen LogP contribution in [0.4, 0.5) is 0 Å². The lowest BCUT2D eigenvalue weighted by Crippen LogP contribution is -2.03. The number of aromatic nitrogens is 2. The van der Waals surface area contributed by atoms with Gasteiger partial charge in [0.15, 0.2) is 0 Å². The van der Waals surface area contributed by atoms with Crippen molar-refractivity contribution in [3.63, 3.8) is 0 Å². The molecule has 100 valence electrons. The van der Waals surface area contributed by atoms with Crippen LogP contribution in [0.3, 0.4) is 0 Å². The van der Waals surface area contributed by atoms with E-state index in [1.807, 2.05) is 20.0 Å². The molecule has 0 aliphatic rings. The summed E-state index contributed by atoms with van der Waals surface area (Å²) < 4.78 is 7.39. The molecule has 0 aliphatic carbocycles. The summed E-state index contributed by atoms with van der Waals surface area (Å²) in [6.07, 6.45) is 3.61. The molecule has 0 bridgehead atoms. The number of aryl methyl sites for hydroxylation is 2. The minimum Gasteiger partial charge on any atom is -0.488 e. The number of hydrogen-bond donors (Lipinski definition) is 1. The number of aromatic carboxylic acids is 1. The second-order valence-corrected chi connectivity index (χ2v) is 4.30. The molecule has 2 aromatic rings. The molecule has 0 amide bonds. The van der Waals surface area contributed by atoms with Crippen molar-refractivity contribution in [2.24, 2.45) is 0 Å². The maximum Gasteiger partial charge on any atom is 0.339 e. The molecule has 1 N–H and O–H groups in total. The van der Waals surface area contributed by atoms with Crippen molar-refractivity contribution in [1.82, 2.24) is 9.78 Å². The van der Waals surface area contributed by atoms with Gasteiger partial charge in [-0.3, -0.25) is 4.68 Å². The molecule has 0 aliphatic heterocycles. The molecule has 0 saturated carbocycles. The summed E-state index contributed by atoms with van der Waals surface area (Å²) in [5, 5.41) is 13.2. The Bertz CT molecular complexity index is 590. The summed E-state index contributed by atoms with van der Waals surface area (Å²) >= 11 is 0. The third-order valence-corrected chi connectivity index (χ3v) is 2.77. The monoisotopic (exact) mass is 260 g/mol. The zero-order valence-electron chi connectivity index (χ0n) is 11.0. The van der Waals surface area contributed by atoms with E-state index in [0.717, 1.165) is 17.7 Å². The maximum atomic E-state index is 11.1. The van der Waals surface area contributed by atoms with Crippen LogP contribution >= 0.6 is 0 Å². The quantitative estimate of drug-likeness (QED) is 0.897. The van der Waals surface area contributed by atoms with E-state index in [1.165, 1.54) is 0 Å².